The van der Waals surface area contributed by atoms with E-state index in [-0.39, 0.29) is 21.2 Å². The van der Waals surface area contributed by atoms with E-state index in [1.165, 1.54) is 30.3 Å². The fourth-order valence-corrected chi connectivity index (χ4v) is 4.39. The highest BCUT2D eigenvalue weighted by Crippen LogP contribution is 2.29. The second-order valence-corrected chi connectivity index (χ2v) is 8.49. The first-order valence-corrected chi connectivity index (χ1v) is 10.8. The van der Waals surface area contributed by atoms with Crippen LogP contribution in [0.1, 0.15) is 22.8 Å². The van der Waals surface area contributed by atoms with Gasteiger partial charge in [0.05, 0.1) is 27.8 Å². The Bertz CT molecular complexity index is 1110. The Morgan fingerprint density at radius 2 is 1.59 bits per heavy atom. The number of amides is 1. The molecule has 0 spiro atoms. The van der Waals surface area contributed by atoms with E-state index in [2.05, 4.69) is 0 Å². The number of aryl methyl sites for hydroxylation is 1. The van der Waals surface area contributed by atoms with Gasteiger partial charge < -0.3 is 4.74 Å². The van der Waals surface area contributed by atoms with Gasteiger partial charge >= 0.3 is 0 Å². The summed E-state index contributed by atoms with van der Waals surface area (Å²) in [4.78, 5) is 13.3. The fourth-order valence-electron chi connectivity index (χ4n) is 2.77. The van der Waals surface area contributed by atoms with Crippen LogP contribution in [0.2, 0.25) is 5.02 Å². The molecule has 0 saturated heterocycles. The lowest BCUT2D eigenvalue weighted by molar-refractivity contribution is 0.101. The molecule has 0 atom stereocenters. The van der Waals surface area contributed by atoms with Gasteiger partial charge in [0.2, 0.25) is 0 Å². The van der Waals surface area contributed by atoms with E-state index < -0.39 is 15.9 Å². The lowest BCUT2D eigenvalue weighted by Gasteiger charge is -2.23. The molecule has 29 heavy (non-hydrogen) atoms. The average molecular weight is 430 g/mol. The molecule has 0 radical (unpaired) electrons. The van der Waals surface area contributed by atoms with Crippen LogP contribution in [-0.4, -0.2) is 20.9 Å². The van der Waals surface area contributed by atoms with Gasteiger partial charge in [-0.05, 0) is 62.4 Å². The molecule has 5 nitrogen and oxygen atoms in total. The average Bonchev–Trinajstić information content (AvgIpc) is 2.70. The predicted octanol–water partition coefficient (Wildman–Crippen LogP) is 5.08. The summed E-state index contributed by atoms with van der Waals surface area (Å²) in [6, 6.07) is 19.0. The third kappa shape index (κ3) is 4.44. The molecule has 0 aromatic heterocycles. The number of rotatable bonds is 6. The molecule has 0 aliphatic rings. The first-order valence-electron chi connectivity index (χ1n) is 8.98. The third-order valence-electron chi connectivity index (χ3n) is 4.23. The van der Waals surface area contributed by atoms with Gasteiger partial charge in [0, 0.05) is 0 Å². The highest BCUT2D eigenvalue weighted by atomic mass is 35.5. The first-order chi connectivity index (χ1) is 13.8. The Morgan fingerprint density at radius 1 is 0.966 bits per heavy atom. The monoisotopic (exact) mass is 429 g/mol. The van der Waals surface area contributed by atoms with Crippen LogP contribution in [0.5, 0.6) is 5.75 Å². The number of anilines is 1. The summed E-state index contributed by atoms with van der Waals surface area (Å²) in [5.41, 5.74) is 1.20. The van der Waals surface area contributed by atoms with Crippen molar-refractivity contribution in [1.29, 1.82) is 0 Å². The maximum atomic E-state index is 13.4. The molecular weight excluding hydrogens is 410 g/mol. The summed E-state index contributed by atoms with van der Waals surface area (Å²) in [5.74, 6) is -0.158. The zero-order valence-electron chi connectivity index (χ0n) is 16.0. The smallest absolute Gasteiger partial charge is 0.273 e. The number of halogens is 1. The molecule has 0 N–H and O–H groups in total. The number of sulfonamides is 1. The minimum absolute atomic E-state index is 0.0115. The van der Waals surface area contributed by atoms with Crippen molar-refractivity contribution in [3.05, 3.63) is 88.9 Å². The summed E-state index contributed by atoms with van der Waals surface area (Å²) in [6.07, 6.45) is 0. The van der Waals surface area contributed by atoms with Gasteiger partial charge in [-0.2, -0.15) is 4.31 Å². The molecule has 0 heterocycles. The molecule has 0 aliphatic carbocycles. The predicted molar refractivity (Wildman–Crippen MR) is 114 cm³/mol. The van der Waals surface area contributed by atoms with Crippen LogP contribution in [0.15, 0.2) is 77.7 Å². The van der Waals surface area contributed by atoms with E-state index in [0.29, 0.717) is 12.4 Å². The number of carbonyl (C=O) groups is 1. The van der Waals surface area contributed by atoms with Crippen LogP contribution in [-0.2, 0) is 10.0 Å². The fraction of sp³-hybridized carbons (Fsp3) is 0.136. The largest absolute Gasteiger partial charge is 0.494 e. The van der Waals surface area contributed by atoms with E-state index in [1.807, 2.05) is 13.8 Å². The number of nitrogens with zero attached hydrogens (tertiary/aromatic N) is 1. The molecule has 0 bridgehead atoms. The van der Waals surface area contributed by atoms with E-state index in [0.717, 1.165) is 9.87 Å². The maximum Gasteiger partial charge on any atom is 0.273 e. The number of benzene rings is 3. The van der Waals surface area contributed by atoms with Crippen molar-refractivity contribution in [3.63, 3.8) is 0 Å². The van der Waals surface area contributed by atoms with Crippen LogP contribution in [0.25, 0.3) is 0 Å². The van der Waals surface area contributed by atoms with Crippen molar-refractivity contribution >= 4 is 33.2 Å². The number of ether oxygens (including phenoxy) is 1. The second kappa shape index (κ2) is 8.68. The maximum absolute atomic E-state index is 13.4. The van der Waals surface area contributed by atoms with Gasteiger partial charge in [0.25, 0.3) is 15.9 Å². The van der Waals surface area contributed by atoms with Crippen molar-refractivity contribution in [3.8, 4) is 5.75 Å². The highest BCUT2D eigenvalue weighted by Gasteiger charge is 2.32. The van der Waals surface area contributed by atoms with Crippen molar-refractivity contribution in [2.75, 3.05) is 10.9 Å². The lowest BCUT2D eigenvalue weighted by Crippen LogP contribution is -2.37. The van der Waals surface area contributed by atoms with Crippen molar-refractivity contribution in [1.82, 2.24) is 0 Å². The van der Waals surface area contributed by atoms with Crippen molar-refractivity contribution < 1.29 is 17.9 Å². The van der Waals surface area contributed by atoms with Gasteiger partial charge in [-0.25, -0.2) is 8.42 Å². The molecule has 0 aliphatic heterocycles. The summed E-state index contributed by atoms with van der Waals surface area (Å²) in [5, 5.41) is 0.174. The summed E-state index contributed by atoms with van der Waals surface area (Å²) in [6.45, 7) is 4.18. The quantitative estimate of drug-likeness (QED) is 0.548. The van der Waals surface area contributed by atoms with Crippen LogP contribution < -0.4 is 9.04 Å². The summed E-state index contributed by atoms with van der Waals surface area (Å²) >= 11 is 6.17. The molecule has 0 unspecified atom stereocenters. The van der Waals surface area contributed by atoms with Crippen LogP contribution in [0.3, 0.4) is 0 Å². The Morgan fingerprint density at radius 3 is 2.17 bits per heavy atom. The standard InChI is InChI=1S/C22H20ClNO4S/c1-3-28-18-12-10-17(11-13-18)24(22(25)20-6-4-5-7-21(20)23)29(26,27)19-14-8-16(2)9-15-19/h4-15H,3H2,1-2H3. The normalized spacial score (nSPS) is 11.1. The molecular formula is C22H20ClNO4S. The highest BCUT2D eigenvalue weighted by molar-refractivity contribution is 7.93. The Kier molecular flexibility index (Phi) is 6.25. The van der Waals surface area contributed by atoms with Crippen molar-refractivity contribution in [2.24, 2.45) is 0 Å². The zero-order chi connectivity index (χ0) is 21.0. The Labute approximate surface area is 175 Å². The summed E-state index contributed by atoms with van der Waals surface area (Å²) in [7, 11) is -4.18. The molecule has 1 amide bonds. The Balaban J connectivity index is 2.14. The van der Waals surface area contributed by atoms with Gasteiger partial charge in [0.1, 0.15) is 5.75 Å². The third-order valence-corrected chi connectivity index (χ3v) is 6.28. The first kappa shape index (κ1) is 20.9. The van der Waals surface area contributed by atoms with Crippen LogP contribution in [0.4, 0.5) is 5.69 Å². The SMILES string of the molecule is CCOc1ccc(N(C(=O)c2ccccc2Cl)S(=O)(=O)c2ccc(C)cc2)cc1. The molecule has 3 aromatic rings. The minimum Gasteiger partial charge on any atom is -0.494 e. The molecule has 3 aromatic carbocycles. The molecule has 3 rings (SSSR count). The van der Waals surface area contributed by atoms with Crippen LogP contribution in [0, 0.1) is 6.92 Å². The van der Waals surface area contributed by atoms with E-state index in [4.69, 9.17) is 16.3 Å². The van der Waals surface area contributed by atoms with Gasteiger partial charge in [-0.1, -0.05) is 41.4 Å². The van der Waals surface area contributed by atoms with Crippen LogP contribution >= 0.6 is 11.6 Å². The van der Waals surface area contributed by atoms with E-state index in [9.17, 15) is 13.2 Å². The minimum atomic E-state index is -4.18. The number of hydrogen-bond donors (Lipinski definition) is 0. The van der Waals surface area contributed by atoms with E-state index >= 15 is 0 Å². The molecule has 0 saturated carbocycles. The van der Waals surface area contributed by atoms with Gasteiger partial charge in [-0.15, -0.1) is 0 Å². The second-order valence-electron chi connectivity index (χ2n) is 6.29. The molecule has 150 valence electrons. The zero-order valence-corrected chi connectivity index (χ0v) is 17.6. The summed E-state index contributed by atoms with van der Waals surface area (Å²) < 4.78 is 33.0. The van der Waals surface area contributed by atoms with E-state index in [1.54, 1.807) is 42.5 Å². The topological polar surface area (TPSA) is 63.7 Å². The number of carbonyl (C=O) groups excluding carboxylic acids is 1. The molecule has 7 heteroatoms. The number of hydrogen-bond acceptors (Lipinski definition) is 4. The lowest BCUT2D eigenvalue weighted by atomic mass is 10.2. The van der Waals surface area contributed by atoms with Gasteiger partial charge in [-0.3, -0.25) is 4.79 Å². The van der Waals surface area contributed by atoms with Crippen molar-refractivity contribution in [2.45, 2.75) is 18.7 Å². The molecule has 0 fully saturated rings. The Hall–Kier alpha value is -2.83. The van der Waals surface area contributed by atoms with Gasteiger partial charge in [0.15, 0.2) is 0 Å².